The minimum atomic E-state index is 0.636. The maximum absolute atomic E-state index is 5.68. The maximum atomic E-state index is 5.68. The van der Waals surface area contributed by atoms with E-state index in [1.54, 1.807) is 7.11 Å². The number of hydrogen-bond donors (Lipinski definition) is 2. The Balaban J connectivity index is 1.71. The lowest BCUT2D eigenvalue weighted by Gasteiger charge is -2.20. The van der Waals surface area contributed by atoms with Gasteiger partial charge in [-0.15, -0.1) is 0 Å². The zero-order valence-corrected chi connectivity index (χ0v) is 20.1. The molecule has 0 atom stereocenters. The molecule has 7 nitrogen and oxygen atoms in total. The summed E-state index contributed by atoms with van der Waals surface area (Å²) in [5.74, 6) is 2.52. The van der Waals surface area contributed by atoms with Crippen LogP contribution in [0.3, 0.4) is 0 Å². The van der Waals surface area contributed by atoms with E-state index in [-0.39, 0.29) is 0 Å². The molecular weight excluding hydrogens is 390 g/mol. The summed E-state index contributed by atoms with van der Waals surface area (Å²) in [6.45, 7) is 13.3. The molecule has 1 aromatic carbocycles. The van der Waals surface area contributed by atoms with E-state index < -0.39 is 0 Å². The number of hydrogen-bond acceptors (Lipinski definition) is 5. The molecule has 2 N–H and O–H groups in total. The van der Waals surface area contributed by atoms with Crippen LogP contribution in [0.1, 0.15) is 38.7 Å². The Morgan fingerprint density at radius 2 is 1.94 bits per heavy atom. The number of aryl methyl sites for hydroxylation is 1. The minimum Gasteiger partial charge on any atom is -0.493 e. The topological polar surface area (TPSA) is 61.4 Å². The Labute approximate surface area is 189 Å². The second-order valence-corrected chi connectivity index (χ2v) is 8.06. The standard InChI is InChI=1S/C24H43N5O2/c1-5-25-24(27-14-8-16-29-17-9-15-28(3)18-19-29)26-13-7-10-21-11-12-22(30-4)23(20-21)31-6-2/h11-12,20H,5-10,13-19H2,1-4H3,(H2,25,26,27). The highest BCUT2D eigenvalue weighted by atomic mass is 16.5. The van der Waals surface area contributed by atoms with Crippen LogP contribution in [0.2, 0.25) is 0 Å². The predicted octanol–water partition coefficient (Wildman–Crippen LogP) is 2.61. The van der Waals surface area contributed by atoms with Crippen molar-refractivity contribution in [2.24, 2.45) is 4.99 Å². The third-order valence-corrected chi connectivity index (χ3v) is 5.52. The van der Waals surface area contributed by atoms with Crippen molar-refractivity contribution in [1.29, 1.82) is 0 Å². The number of ether oxygens (including phenoxy) is 2. The quantitative estimate of drug-likeness (QED) is 0.300. The van der Waals surface area contributed by atoms with Gasteiger partial charge in [0.15, 0.2) is 17.5 Å². The zero-order chi connectivity index (χ0) is 22.3. The van der Waals surface area contributed by atoms with Gasteiger partial charge in [-0.25, -0.2) is 0 Å². The molecular formula is C24H43N5O2. The van der Waals surface area contributed by atoms with Gasteiger partial charge >= 0.3 is 0 Å². The molecule has 0 spiro atoms. The summed E-state index contributed by atoms with van der Waals surface area (Å²) in [6.07, 6.45) is 4.38. The Morgan fingerprint density at radius 1 is 1.06 bits per heavy atom. The number of rotatable bonds is 12. The smallest absolute Gasteiger partial charge is 0.191 e. The zero-order valence-electron chi connectivity index (χ0n) is 20.1. The minimum absolute atomic E-state index is 0.636. The molecule has 0 bridgehead atoms. The third kappa shape index (κ3) is 9.78. The largest absolute Gasteiger partial charge is 0.493 e. The van der Waals surface area contributed by atoms with E-state index in [4.69, 9.17) is 14.5 Å². The fraction of sp³-hybridized carbons (Fsp3) is 0.708. The first-order valence-electron chi connectivity index (χ1n) is 11.9. The molecule has 1 aromatic rings. The van der Waals surface area contributed by atoms with Gasteiger partial charge in [0, 0.05) is 32.7 Å². The van der Waals surface area contributed by atoms with E-state index in [1.807, 2.05) is 13.0 Å². The van der Waals surface area contributed by atoms with Crippen LogP contribution < -0.4 is 20.1 Å². The molecule has 0 amide bonds. The van der Waals surface area contributed by atoms with Crippen LogP contribution in [-0.4, -0.2) is 88.9 Å². The normalized spacial score (nSPS) is 16.1. The first-order chi connectivity index (χ1) is 15.2. The lowest BCUT2D eigenvalue weighted by atomic mass is 10.1. The number of guanidine groups is 1. The van der Waals surface area contributed by atoms with Crippen LogP contribution in [0.4, 0.5) is 0 Å². The van der Waals surface area contributed by atoms with E-state index in [0.29, 0.717) is 6.61 Å². The van der Waals surface area contributed by atoms with Crippen molar-refractivity contribution in [1.82, 2.24) is 20.4 Å². The van der Waals surface area contributed by atoms with Crippen LogP contribution in [0, 0.1) is 0 Å². The van der Waals surface area contributed by atoms with Gasteiger partial charge in [-0.2, -0.15) is 0 Å². The maximum Gasteiger partial charge on any atom is 0.191 e. The number of methoxy groups -OCH3 is 1. The second-order valence-electron chi connectivity index (χ2n) is 8.06. The van der Waals surface area contributed by atoms with Gasteiger partial charge in [0.05, 0.1) is 13.7 Å². The van der Waals surface area contributed by atoms with E-state index in [2.05, 4.69) is 46.5 Å². The summed E-state index contributed by atoms with van der Waals surface area (Å²) >= 11 is 0. The molecule has 0 aromatic heterocycles. The van der Waals surface area contributed by atoms with Crippen molar-refractivity contribution in [3.05, 3.63) is 23.8 Å². The van der Waals surface area contributed by atoms with Gasteiger partial charge in [0.2, 0.25) is 0 Å². The highest BCUT2D eigenvalue weighted by Crippen LogP contribution is 2.28. The molecule has 31 heavy (non-hydrogen) atoms. The van der Waals surface area contributed by atoms with Crippen LogP contribution in [0.15, 0.2) is 23.2 Å². The van der Waals surface area contributed by atoms with E-state index in [9.17, 15) is 0 Å². The van der Waals surface area contributed by atoms with Crippen molar-refractivity contribution in [3.8, 4) is 11.5 Å². The molecule has 0 saturated carbocycles. The van der Waals surface area contributed by atoms with Gasteiger partial charge < -0.3 is 29.9 Å². The number of nitrogens with zero attached hydrogens (tertiary/aromatic N) is 3. The van der Waals surface area contributed by atoms with E-state index in [1.165, 1.54) is 38.2 Å². The molecule has 0 aliphatic carbocycles. The summed E-state index contributed by atoms with van der Waals surface area (Å²) in [6, 6.07) is 6.17. The molecule has 176 valence electrons. The predicted molar refractivity (Wildman–Crippen MR) is 130 cm³/mol. The van der Waals surface area contributed by atoms with Crippen LogP contribution >= 0.6 is 0 Å². The molecule has 1 saturated heterocycles. The van der Waals surface area contributed by atoms with Crippen molar-refractivity contribution in [3.63, 3.8) is 0 Å². The summed E-state index contributed by atoms with van der Waals surface area (Å²) in [5, 5.41) is 6.85. The molecule has 0 radical (unpaired) electrons. The summed E-state index contributed by atoms with van der Waals surface area (Å²) in [7, 11) is 3.89. The molecule has 1 fully saturated rings. The van der Waals surface area contributed by atoms with E-state index in [0.717, 1.165) is 62.9 Å². The number of aliphatic imine (C=N–C) groups is 1. The van der Waals surface area contributed by atoms with Gasteiger partial charge in [-0.05, 0) is 83.9 Å². The van der Waals surface area contributed by atoms with Crippen molar-refractivity contribution in [2.75, 3.05) is 73.1 Å². The van der Waals surface area contributed by atoms with Gasteiger partial charge in [-0.1, -0.05) is 6.07 Å². The average Bonchev–Trinajstić information content (AvgIpc) is 2.98. The third-order valence-electron chi connectivity index (χ3n) is 5.52. The first-order valence-corrected chi connectivity index (χ1v) is 11.9. The van der Waals surface area contributed by atoms with Crippen molar-refractivity contribution >= 4 is 5.96 Å². The monoisotopic (exact) mass is 433 g/mol. The van der Waals surface area contributed by atoms with Crippen molar-refractivity contribution < 1.29 is 9.47 Å². The van der Waals surface area contributed by atoms with E-state index >= 15 is 0 Å². The lowest BCUT2D eigenvalue weighted by Crippen LogP contribution is -2.39. The first kappa shape index (κ1) is 25.3. The Hall–Kier alpha value is -1.99. The van der Waals surface area contributed by atoms with Crippen LogP contribution in [-0.2, 0) is 6.42 Å². The number of likely N-dealkylation sites (N-methyl/N-ethyl adjacent to an activating group) is 1. The lowest BCUT2D eigenvalue weighted by molar-refractivity contribution is 0.274. The van der Waals surface area contributed by atoms with Gasteiger partial charge in [-0.3, -0.25) is 4.99 Å². The molecule has 1 aliphatic heterocycles. The number of nitrogens with one attached hydrogen (secondary N) is 2. The molecule has 1 aliphatic rings. The Morgan fingerprint density at radius 3 is 2.71 bits per heavy atom. The highest BCUT2D eigenvalue weighted by molar-refractivity contribution is 5.79. The van der Waals surface area contributed by atoms with Gasteiger partial charge in [0.25, 0.3) is 0 Å². The van der Waals surface area contributed by atoms with Crippen molar-refractivity contribution in [2.45, 2.75) is 39.5 Å². The fourth-order valence-corrected chi connectivity index (χ4v) is 3.79. The average molecular weight is 434 g/mol. The molecule has 7 heteroatoms. The van der Waals surface area contributed by atoms with Crippen LogP contribution in [0.25, 0.3) is 0 Å². The second kappa shape index (κ2) is 14.9. The Bertz CT molecular complexity index is 653. The summed E-state index contributed by atoms with van der Waals surface area (Å²) < 4.78 is 11.0. The molecule has 1 heterocycles. The summed E-state index contributed by atoms with van der Waals surface area (Å²) in [4.78, 5) is 9.76. The molecule has 0 unspecified atom stereocenters. The fourth-order valence-electron chi connectivity index (χ4n) is 3.79. The summed E-state index contributed by atoms with van der Waals surface area (Å²) in [5.41, 5.74) is 1.25. The highest BCUT2D eigenvalue weighted by Gasteiger charge is 2.11. The Kier molecular flexibility index (Phi) is 12.2. The molecule has 2 rings (SSSR count). The van der Waals surface area contributed by atoms with Crippen LogP contribution in [0.5, 0.6) is 11.5 Å². The SMILES string of the molecule is CCNC(=NCCCc1ccc(OC)c(OCC)c1)NCCCN1CCCN(C)CC1. The van der Waals surface area contributed by atoms with Gasteiger partial charge in [0.1, 0.15) is 0 Å². The number of benzene rings is 1.